The molecule has 0 spiro atoms. The molecule has 4 aromatic rings. The number of aromatic nitrogens is 1. The standard InChI is InChI=1S/C27H28N2O4/c1-17-21-15-25(31-3)24(30-2)13-19(21)8-10-29(17)16-18-11-20-14-23(22-7-5-6-9-28-22)33-27(20)26(12-18)32-4/h5-7,9,11-15,17H,8,10,16H2,1-4H3. The Kier molecular flexibility index (Phi) is 5.68. The van der Waals surface area contributed by atoms with Crippen LogP contribution in [0.2, 0.25) is 0 Å². The number of methoxy groups -OCH3 is 3. The van der Waals surface area contributed by atoms with E-state index in [2.05, 4.69) is 41.1 Å². The molecular formula is C27H28N2O4. The quantitative estimate of drug-likeness (QED) is 0.384. The number of nitrogens with zero attached hydrogens (tertiary/aromatic N) is 2. The highest BCUT2D eigenvalue weighted by Gasteiger charge is 2.26. The maximum absolute atomic E-state index is 6.11. The Morgan fingerprint density at radius 3 is 2.48 bits per heavy atom. The van der Waals surface area contributed by atoms with E-state index in [1.165, 1.54) is 16.7 Å². The van der Waals surface area contributed by atoms with Crippen molar-refractivity contribution in [3.05, 3.63) is 71.4 Å². The second-order valence-electron chi connectivity index (χ2n) is 8.34. The van der Waals surface area contributed by atoms with Gasteiger partial charge in [0.15, 0.2) is 28.6 Å². The molecule has 6 nitrogen and oxygen atoms in total. The number of hydrogen-bond donors (Lipinski definition) is 0. The van der Waals surface area contributed by atoms with Gasteiger partial charge in [0.25, 0.3) is 0 Å². The normalized spacial score (nSPS) is 15.9. The first-order valence-corrected chi connectivity index (χ1v) is 11.1. The highest BCUT2D eigenvalue weighted by atomic mass is 16.5. The van der Waals surface area contributed by atoms with Crippen LogP contribution in [-0.2, 0) is 13.0 Å². The van der Waals surface area contributed by atoms with Crippen molar-refractivity contribution >= 4 is 11.0 Å². The fourth-order valence-corrected chi connectivity index (χ4v) is 4.70. The molecule has 0 radical (unpaired) electrons. The second-order valence-corrected chi connectivity index (χ2v) is 8.34. The predicted molar refractivity (Wildman–Crippen MR) is 128 cm³/mol. The first kappa shape index (κ1) is 21.3. The molecule has 0 N–H and O–H groups in total. The van der Waals surface area contributed by atoms with Gasteiger partial charge >= 0.3 is 0 Å². The molecule has 2 aromatic carbocycles. The Hall–Kier alpha value is -3.51. The molecule has 0 saturated carbocycles. The molecule has 0 saturated heterocycles. The molecule has 170 valence electrons. The third kappa shape index (κ3) is 3.91. The van der Waals surface area contributed by atoms with Gasteiger partial charge < -0.3 is 18.6 Å². The largest absolute Gasteiger partial charge is 0.493 e. The van der Waals surface area contributed by atoms with Crippen LogP contribution in [-0.4, -0.2) is 37.8 Å². The van der Waals surface area contributed by atoms with E-state index in [0.717, 1.165) is 59.2 Å². The third-order valence-electron chi connectivity index (χ3n) is 6.48. The van der Waals surface area contributed by atoms with E-state index in [9.17, 15) is 0 Å². The smallest absolute Gasteiger partial charge is 0.176 e. The Labute approximate surface area is 193 Å². The molecule has 1 aliphatic heterocycles. The highest BCUT2D eigenvalue weighted by molar-refractivity contribution is 5.87. The zero-order valence-corrected chi connectivity index (χ0v) is 19.4. The van der Waals surface area contributed by atoms with E-state index in [1.54, 1.807) is 27.5 Å². The van der Waals surface area contributed by atoms with E-state index in [-0.39, 0.29) is 6.04 Å². The molecule has 1 unspecified atom stereocenters. The zero-order chi connectivity index (χ0) is 22.9. The van der Waals surface area contributed by atoms with Crippen LogP contribution in [0.5, 0.6) is 17.2 Å². The lowest BCUT2D eigenvalue weighted by atomic mass is 9.92. The average molecular weight is 445 g/mol. The van der Waals surface area contributed by atoms with Gasteiger partial charge in [0.2, 0.25) is 0 Å². The number of rotatable bonds is 6. The maximum atomic E-state index is 6.11. The number of benzene rings is 2. The number of furan rings is 1. The summed E-state index contributed by atoms with van der Waals surface area (Å²) in [6.07, 6.45) is 2.74. The molecule has 2 aromatic heterocycles. The third-order valence-corrected chi connectivity index (χ3v) is 6.48. The van der Waals surface area contributed by atoms with Gasteiger partial charge in [-0.3, -0.25) is 9.88 Å². The summed E-state index contributed by atoms with van der Waals surface area (Å²) in [5.74, 6) is 3.03. The van der Waals surface area contributed by atoms with Crippen molar-refractivity contribution in [2.24, 2.45) is 0 Å². The summed E-state index contributed by atoms with van der Waals surface area (Å²) in [5, 5.41) is 1.02. The van der Waals surface area contributed by atoms with Crippen LogP contribution in [0.1, 0.15) is 29.7 Å². The monoisotopic (exact) mass is 444 g/mol. The molecule has 0 bridgehead atoms. The van der Waals surface area contributed by atoms with Crippen LogP contribution < -0.4 is 14.2 Å². The Morgan fingerprint density at radius 2 is 1.76 bits per heavy atom. The van der Waals surface area contributed by atoms with Crippen LogP contribution in [0.15, 0.2) is 59.1 Å². The van der Waals surface area contributed by atoms with E-state index < -0.39 is 0 Å². The van der Waals surface area contributed by atoms with E-state index in [0.29, 0.717) is 0 Å². The molecule has 5 rings (SSSR count). The van der Waals surface area contributed by atoms with Crippen molar-refractivity contribution in [3.8, 4) is 28.7 Å². The fraction of sp³-hybridized carbons (Fsp3) is 0.296. The molecule has 1 aliphatic rings. The zero-order valence-electron chi connectivity index (χ0n) is 19.4. The van der Waals surface area contributed by atoms with Crippen molar-refractivity contribution in [2.45, 2.75) is 25.9 Å². The second kappa shape index (κ2) is 8.79. The van der Waals surface area contributed by atoms with Gasteiger partial charge in [-0.05, 0) is 72.5 Å². The minimum Gasteiger partial charge on any atom is -0.493 e. The number of pyridine rings is 1. The van der Waals surface area contributed by atoms with Crippen molar-refractivity contribution in [2.75, 3.05) is 27.9 Å². The first-order chi connectivity index (χ1) is 16.1. The van der Waals surface area contributed by atoms with Crippen LogP contribution in [0.25, 0.3) is 22.4 Å². The topological polar surface area (TPSA) is 57.0 Å². The SMILES string of the molecule is COc1cc2c(cc1OC)C(C)N(Cc1cc(OC)c3oc(-c4ccccn4)cc3c1)CC2. The molecule has 0 amide bonds. The van der Waals surface area contributed by atoms with Gasteiger partial charge in [0.05, 0.1) is 21.3 Å². The predicted octanol–water partition coefficient (Wildman–Crippen LogP) is 5.64. The lowest BCUT2D eigenvalue weighted by Gasteiger charge is -2.35. The highest BCUT2D eigenvalue weighted by Crippen LogP contribution is 2.39. The summed E-state index contributed by atoms with van der Waals surface area (Å²) in [4.78, 5) is 6.89. The van der Waals surface area contributed by atoms with Gasteiger partial charge in [0.1, 0.15) is 5.69 Å². The van der Waals surface area contributed by atoms with Crippen LogP contribution in [0, 0.1) is 0 Å². The summed E-state index contributed by atoms with van der Waals surface area (Å²) in [6, 6.07) is 16.6. The number of hydrogen-bond acceptors (Lipinski definition) is 6. The average Bonchev–Trinajstić information content (AvgIpc) is 3.29. The van der Waals surface area contributed by atoms with E-state index in [1.807, 2.05) is 24.3 Å². The molecule has 3 heterocycles. The molecule has 6 heteroatoms. The molecule has 1 atom stereocenters. The van der Waals surface area contributed by atoms with Crippen molar-refractivity contribution in [1.82, 2.24) is 9.88 Å². The molecule has 33 heavy (non-hydrogen) atoms. The molecule has 0 fully saturated rings. The summed E-state index contributed by atoms with van der Waals surface area (Å²) >= 11 is 0. The van der Waals surface area contributed by atoms with Gasteiger partial charge in [-0.25, -0.2) is 0 Å². The van der Waals surface area contributed by atoms with Gasteiger partial charge in [-0.15, -0.1) is 0 Å². The number of ether oxygens (including phenoxy) is 3. The van der Waals surface area contributed by atoms with Gasteiger partial charge in [0, 0.05) is 30.7 Å². The Morgan fingerprint density at radius 1 is 0.970 bits per heavy atom. The fourth-order valence-electron chi connectivity index (χ4n) is 4.70. The Bertz CT molecular complexity index is 1280. The summed E-state index contributed by atoms with van der Waals surface area (Å²) in [6.45, 7) is 4.02. The van der Waals surface area contributed by atoms with Crippen molar-refractivity contribution in [1.29, 1.82) is 0 Å². The van der Waals surface area contributed by atoms with E-state index in [4.69, 9.17) is 18.6 Å². The van der Waals surface area contributed by atoms with Crippen LogP contribution in [0.4, 0.5) is 0 Å². The van der Waals surface area contributed by atoms with Gasteiger partial charge in [-0.2, -0.15) is 0 Å². The maximum Gasteiger partial charge on any atom is 0.176 e. The Balaban J connectivity index is 1.45. The van der Waals surface area contributed by atoms with Crippen LogP contribution >= 0.6 is 0 Å². The van der Waals surface area contributed by atoms with Gasteiger partial charge in [-0.1, -0.05) is 6.07 Å². The number of fused-ring (bicyclic) bond motifs is 2. The summed E-state index contributed by atoms with van der Waals surface area (Å²) in [7, 11) is 5.05. The van der Waals surface area contributed by atoms with E-state index >= 15 is 0 Å². The lowest BCUT2D eigenvalue weighted by Crippen LogP contribution is -2.33. The first-order valence-electron chi connectivity index (χ1n) is 11.1. The minimum atomic E-state index is 0.253. The summed E-state index contributed by atoms with van der Waals surface area (Å²) in [5.41, 5.74) is 5.34. The summed E-state index contributed by atoms with van der Waals surface area (Å²) < 4.78 is 22.8. The molecule has 0 aliphatic carbocycles. The van der Waals surface area contributed by atoms with Crippen molar-refractivity contribution in [3.63, 3.8) is 0 Å². The van der Waals surface area contributed by atoms with Crippen molar-refractivity contribution < 1.29 is 18.6 Å². The minimum absolute atomic E-state index is 0.253. The van der Waals surface area contributed by atoms with Crippen LogP contribution in [0.3, 0.4) is 0 Å². The molecular weight excluding hydrogens is 416 g/mol. The lowest BCUT2D eigenvalue weighted by molar-refractivity contribution is 0.188.